The topological polar surface area (TPSA) is 98.5 Å². The second-order valence-corrected chi connectivity index (χ2v) is 7.81. The normalized spacial score (nSPS) is 10.8. The van der Waals surface area contributed by atoms with Crippen molar-refractivity contribution in [3.05, 3.63) is 80.5 Å². The lowest BCUT2D eigenvalue weighted by Gasteiger charge is -2.10. The molecule has 0 atom stereocenters. The molecule has 0 unspecified atom stereocenters. The standard InChI is InChI=1S/C23H18N2O5S/c1-12-17(26)15-10-7-11-16(19(15)30-18(12)14-8-5-4-6-9-14)21(27)25-23-24-13(2)20(31-23)22(28)29-3/h4-11H,1-3H3,(H,24,25,27). The van der Waals surface area contributed by atoms with Crippen LogP contribution in [0.3, 0.4) is 0 Å². The predicted molar refractivity (Wildman–Crippen MR) is 119 cm³/mol. The number of aryl methyl sites for hydroxylation is 1. The minimum Gasteiger partial charge on any atom is -0.465 e. The Morgan fingerprint density at radius 1 is 1.06 bits per heavy atom. The van der Waals surface area contributed by atoms with E-state index in [0.717, 1.165) is 16.9 Å². The van der Waals surface area contributed by atoms with E-state index in [2.05, 4.69) is 10.3 Å². The van der Waals surface area contributed by atoms with Gasteiger partial charge in [-0.1, -0.05) is 47.7 Å². The van der Waals surface area contributed by atoms with Crippen molar-refractivity contribution in [1.82, 2.24) is 4.98 Å². The number of amides is 1. The van der Waals surface area contributed by atoms with E-state index in [-0.39, 0.29) is 21.7 Å². The number of para-hydroxylation sites is 1. The first-order chi connectivity index (χ1) is 14.9. The number of benzene rings is 2. The highest BCUT2D eigenvalue weighted by atomic mass is 32.1. The second-order valence-electron chi connectivity index (χ2n) is 6.81. The van der Waals surface area contributed by atoms with Crippen LogP contribution in [0.5, 0.6) is 0 Å². The highest BCUT2D eigenvalue weighted by molar-refractivity contribution is 7.17. The molecule has 4 rings (SSSR count). The van der Waals surface area contributed by atoms with Crippen molar-refractivity contribution in [2.24, 2.45) is 0 Å². The van der Waals surface area contributed by atoms with Gasteiger partial charge in [-0.05, 0) is 26.0 Å². The van der Waals surface area contributed by atoms with Gasteiger partial charge in [-0.15, -0.1) is 0 Å². The van der Waals surface area contributed by atoms with Crippen molar-refractivity contribution in [3.8, 4) is 11.3 Å². The van der Waals surface area contributed by atoms with Crippen molar-refractivity contribution in [2.75, 3.05) is 12.4 Å². The molecule has 2 aromatic carbocycles. The summed E-state index contributed by atoms with van der Waals surface area (Å²) in [5, 5.41) is 3.25. The summed E-state index contributed by atoms with van der Waals surface area (Å²) in [5.74, 6) is -0.604. The average molecular weight is 434 g/mol. The van der Waals surface area contributed by atoms with Crippen LogP contribution < -0.4 is 10.7 Å². The van der Waals surface area contributed by atoms with Crippen molar-refractivity contribution >= 4 is 39.3 Å². The molecule has 0 fully saturated rings. The van der Waals surface area contributed by atoms with Crippen LogP contribution in [0, 0.1) is 13.8 Å². The molecule has 8 heteroatoms. The number of carbonyl (C=O) groups is 2. The molecule has 1 amide bonds. The molecule has 2 aromatic heterocycles. The van der Waals surface area contributed by atoms with Gasteiger partial charge >= 0.3 is 5.97 Å². The molecule has 4 aromatic rings. The van der Waals surface area contributed by atoms with Gasteiger partial charge in [-0.3, -0.25) is 14.9 Å². The largest absolute Gasteiger partial charge is 0.465 e. The predicted octanol–water partition coefficient (Wildman–Crippen LogP) is 4.57. The van der Waals surface area contributed by atoms with Gasteiger partial charge in [0.15, 0.2) is 16.1 Å². The van der Waals surface area contributed by atoms with E-state index in [1.807, 2.05) is 30.3 Å². The molecule has 2 heterocycles. The number of nitrogens with zero attached hydrogens (tertiary/aromatic N) is 1. The molecule has 0 aliphatic heterocycles. The zero-order valence-corrected chi connectivity index (χ0v) is 17.8. The number of rotatable bonds is 4. The van der Waals surface area contributed by atoms with E-state index in [4.69, 9.17) is 9.15 Å². The molecular weight excluding hydrogens is 416 g/mol. The molecular formula is C23H18N2O5S. The number of nitrogens with one attached hydrogen (secondary N) is 1. The van der Waals surface area contributed by atoms with Gasteiger partial charge in [0.2, 0.25) is 0 Å². The van der Waals surface area contributed by atoms with Gasteiger partial charge in [0.1, 0.15) is 10.6 Å². The van der Waals surface area contributed by atoms with Gasteiger partial charge < -0.3 is 9.15 Å². The van der Waals surface area contributed by atoms with E-state index in [9.17, 15) is 14.4 Å². The van der Waals surface area contributed by atoms with Crippen LogP contribution in [0.15, 0.2) is 57.7 Å². The molecule has 0 aliphatic rings. The van der Waals surface area contributed by atoms with Crippen LogP contribution in [0.1, 0.15) is 31.3 Å². The van der Waals surface area contributed by atoms with Gasteiger partial charge in [-0.25, -0.2) is 9.78 Å². The molecule has 31 heavy (non-hydrogen) atoms. The monoisotopic (exact) mass is 434 g/mol. The Kier molecular flexibility index (Phi) is 5.39. The summed E-state index contributed by atoms with van der Waals surface area (Å²) in [5.41, 5.74) is 1.85. The Hall–Kier alpha value is -3.78. The third-order valence-corrected chi connectivity index (χ3v) is 5.87. The molecule has 0 aliphatic carbocycles. The number of hydrogen-bond acceptors (Lipinski definition) is 7. The smallest absolute Gasteiger partial charge is 0.350 e. The number of thiazole rings is 1. The van der Waals surface area contributed by atoms with E-state index < -0.39 is 11.9 Å². The average Bonchev–Trinajstić information content (AvgIpc) is 3.15. The summed E-state index contributed by atoms with van der Waals surface area (Å²) in [6.07, 6.45) is 0. The fraction of sp³-hybridized carbons (Fsp3) is 0.130. The number of aromatic nitrogens is 1. The van der Waals surface area contributed by atoms with Gasteiger partial charge in [-0.2, -0.15) is 0 Å². The molecule has 0 bridgehead atoms. The molecule has 0 spiro atoms. The molecule has 0 saturated heterocycles. The van der Waals surface area contributed by atoms with E-state index in [0.29, 0.717) is 27.3 Å². The van der Waals surface area contributed by atoms with Crippen LogP contribution in [0.4, 0.5) is 5.13 Å². The lowest BCUT2D eigenvalue weighted by molar-refractivity contribution is 0.0605. The fourth-order valence-corrected chi connectivity index (χ4v) is 4.13. The highest BCUT2D eigenvalue weighted by Crippen LogP contribution is 2.28. The summed E-state index contributed by atoms with van der Waals surface area (Å²) in [6.45, 7) is 3.36. The molecule has 156 valence electrons. The van der Waals surface area contributed by atoms with Crippen LogP contribution in [0.25, 0.3) is 22.3 Å². The van der Waals surface area contributed by atoms with Crippen LogP contribution in [-0.4, -0.2) is 24.0 Å². The van der Waals surface area contributed by atoms with Gasteiger partial charge in [0.05, 0.1) is 23.8 Å². The van der Waals surface area contributed by atoms with Crippen LogP contribution in [0.2, 0.25) is 0 Å². The molecule has 0 radical (unpaired) electrons. The maximum Gasteiger partial charge on any atom is 0.350 e. The van der Waals surface area contributed by atoms with Crippen molar-refractivity contribution in [1.29, 1.82) is 0 Å². The van der Waals surface area contributed by atoms with Gasteiger partial charge in [0.25, 0.3) is 5.91 Å². The number of esters is 1. The number of carbonyl (C=O) groups excluding carboxylic acids is 2. The van der Waals surface area contributed by atoms with Crippen molar-refractivity contribution in [3.63, 3.8) is 0 Å². The van der Waals surface area contributed by atoms with Crippen LogP contribution >= 0.6 is 11.3 Å². The summed E-state index contributed by atoms with van der Waals surface area (Å²) in [7, 11) is 1.28. The Bertz CT molecular complexity index is 1370. The summed E-state index contributed by atoms with van der Waals surface area (Å²) in [4.78, 5) is 42.3. The third kappa shape index (κ3) is 3.73. The maximum atomic E-state index is 13.0. The minimum atomic E-state index is -0.519. The Morgan fingerprint density at radius 2 is 1.81 bits per heavy atom. The first-order valence-electron chi connectivity index (χ1n) is 9.39. The van der Waals surface area contributed by atoms with Crippen molar-refractivity contribution < 1.29 is 18.7 Å². The lowest BCUT2D eigenvalue weighted by atomic mass is 10.0. The Labute approximate surface area is 181 Å². The quantitative estimate of drug-likeness (QED) is 0.473. The van der Waals surface area contributed by atoms with E-state index in [1.54, 1.807) is 32.0 Å². The Morgan fingerprint density at radius 3 is 2.52 bits per heavy atom. The molecule has 0 saturated carbocycles. The van der Waals surface area contributed by atoms with Gasteiger partial charge in [0, 0.05) is 11.1 Å². The fourth-order valence-electron chi connectivity index (χ4n) is 3.25. The number of methoxy groups -OCH3 is 1. The first kappa shape index (κ1) is 20.5. The minimum absolute atomic E-state index is 0.191. The second kappa shape index (κ2) is 8.16. The maximum absolute atomic E-state index is 13.0. The number of ether oxygens (including phenoxy) is 1. The third-order valence-electron chi connectivity index (χ3n) is 4.81. The number of fused-ring (bicyclic) bond motifs is 1. The van der Waals surface area contributed by atoms with Crippen LogP contribution in [-0.2, 0) is 4.74 Å². The first-order valence-corrected chi connectivity index (χ1v) is 10.2. The zero-order valence-electron chi connectivity index (χ0n) is 17.0. The van der Waals surface area contributed by atoms with E-state index in [1.165, 1.54) is 7.11 Å². The summed E-state index contributed by atoms with van der Waals surface area (Å²) >= 11 is 1.02. The Balaban J connectivity index is 1.79. The number of anilines is 1. The summed E-state index contributed by atoms with van der Waals surface area (Å²) < 4.78 is 10.8. The highest BCUT2D eigenvalue weighted by Gasteiger charge is 2.21. The summed E-state index contributed by atoms with van der Waals surface area (Å²) in [6, 6.07) is 14.1. The molecule has 1 N–H and O–H groups in total. The zero-order chi connectivity index (χ0) is 22.1. The SMILES string of the molecule is COC(=O)c1sc(NC(=O)c2cccc3c(=O)c(C)c(-c4ccccc4)oc23)nc1C. The molecule has 7 nitrogen and oxygen atoms in total. The van der Waals surface area contributed by atoms with Crippen molar-refractivity contribution in [2.45, 2.75) is 13.8 Å². The number of hydrogen-bond donors (Lipinski definition) is 1. The lowest BCUT2D eigenvalue weighted by Crippen LogP contribution is -2.14. The van der Waals surface area contributed by atoms with E-state index >= 15 is 0 Å².